The summed E-state index contributed by atoms with van der Waals surface area (Å²) in [5.41, 5.74) is -1.61. The van der Waals surface area contributed by atoms with Crippen LogP contribution in [0.4, 0.5) is 17.6 Å². The van der Waals surface area contributed by atoms with Crippen LogP contribution in [0.2, 0.25) is 0 Å². The largest absolute Gasteiger partial charge is 0.419 e. The lowest BCUT2D eigenvalue weighted by Crippen LogP contribution is -2.30. The van der Waals surface area contributed by atoms with Gasteiger partial charge < -0.3 is 0 Å². The Balaban J connectivity index is 2.45. The maximum Gasteiger partial charge on any atom is 0.419 e. The predicted molar refractivity (Wildman–Crippen MR) is 83.5 cm³/mol. The smallest absolute Gasteiger partial charge is 0.207 e. The fourth-order valence-electron chi connectivity index (χ4n) is 2.00. The Labute approximate surface area is 140 Å². The van der Waals surface area contributed by atoms with Gasteiger partial charge in [0.15, 0.2) is 0 Å². The third kappa shape index (κ3) is 4.03. The highest BCUT2D eigenvalue weighted by molar-refractivity contribution is 7.89. The minimum atomic E-state index is -4.98. The molecule has 0 amide bonds. The molecule has 0 unspecified atom stereocenters. The number of sulfonamides is 1. The van der Waals surface area contributed by atoms with Crippen LogP contribution in [0.15, 0.2) is 53.3 Å². The Bertz CT molecular complexity index is 814. The van der Waals surface area contributed by atoms with Gasteiger partial charge in [-0.05, 0) is 29.6 Å². The van der Waals surface area contributed by atoms with E-state index in [1.165, 1.54) is 17.4 Å². The van der Waals surface area contributed by atoms with E-state index in [2.05, 4.69) is 6.58 Å². The van der Waals surface area contributed by atoms with Crippen LogP contribution in [-0.2, 0) is 22.7 Å². The Hall–Kier alpha value is -1.71. The zero-order valence-corrected chi connectivity index (χ0v) is 13.9. The molecule has 1 aromatic heterocycles. The highest BCUT2D eigenvalue weighted by Gasteiger charge is 2.36. The Morgan fingerprint density at radius 3 is 2.50 bits per heavy atom. The summed E-state index contributed by atoms with van der Waals surface area (Å²) in [7, 11) is -4.24. The van der Waals surface area contributed by atoms with Crippen LogP contribution in [0, 0.1) is 5.82 Å². The molecule has 0 fully saturated rings. The minimum absolute atomic E-state index is 0.00918. The van der Waals surface area contributed by atoms with Gasteiger partial charge in [0.2, 0.25) is 10.0 Å². The number of hydrogen-bond acceptors (Lipinski definition) is 3. The monoisotopic (exact) mass is 379 g/mol. The number of benzene rings is 1. The SMILES string of the molecule is C=CCN(Cc1cccs1)S(=O)(=O)c1ccc(F)c(C(F)(F)F)c1. The second-order valence-corrected chi connectivity index (χ2v) is 7.78. The second-order valence-electron chi connectivity index (χ2n) is 4.81. The fraction of sp³-hybridized carbons (Fsp3) is 0.200. The average Bonchev–Trinajstić information content (AvgIpc) is 2.99. The maximum absolute atomic E-state index is 13.4. The first kappa shape index (κ1) is 18.6. The van der Waals surface area contributed by atoms with Crippen LogP contribution in [0.3, 0.4) is 0 Å². The predicted octanol–water partition coefficient (Wildman–Crippen LogP) is 4.28. The Morgan fingerprint density at radius 1 is 1.25 bits per heavy atom. The zero-order chi connectivity index (χ0) is 18.0. The Morgan fingerprint density at radius 2 is 1.96 bits per heavy atom. The molecule has 0 spiro atoms. The van der Waals surface area contributed by atoms with Crippen molar-refractivity contribution < 1.29 is 26.0 Å². The first-order valence-corrected chi connectivity index (χ1v) is 8.98. The summed E-state index contributed by atoms with van der Waals surface area (Å²) in [4.78, 5) is 0.105. The number of halogens is 4. The van der Waals surface area contributed by atoms with Gasteiger partial charge in [-0.3, -0.25) is 0 Å². The first-order chi connectivity index (χ1) is 11.2. The molecule has 0 atom stereocenters. The van der Waals surface area contributed by atoms with Crippen LogP contribution < -0.4 is 0 Å². The summed E-state index contributed by atoms with van der Waals surface area (Å²) in [6, 6.07) is 5.09. The van der Waals surface area contributed by atoms with E-state index in [-0.39, 0.29) is 13.1 Å². The van der Waals surface area contributed by atoms with Crippen LogP contribution in [0.25, 0.3) is 0 Å². The molecule has 0 saturated carbocycles. The highest BCUT2D eigenvalue weighted by atomic mass is 32.2. The van der Waals surface area contributed by atoms with Crippen molar-refractivity contribution >= 4 is 21.4 Å². The molecule has 24 heavy (non-hydrogen) atoms. The van der Waals surface area contributed by atoms with Gasteiger partial charge in [0.1, 0.15) is 5.82 Å². The van der Waals surface area contributed by atoms with Crippen molar-refractivity contribution in [1.29, 1.82) is 0 Å². The number of thiophene rings is 1. The molecule has 0 radical (unpaired) electrons. The first-order valence-electron chi connectivity index (χ1n) is 6.66. The van der Waals surface area contributed by atoms with Gasteiger partial charge in [-0.15, -0.1) is 17.9 Å². The molecule has 9 heteroatoms. The number of hydrogen-bond donors (Lipinski definition) is 0. The third-order valence-corrected chi connectivity index (χ3v) is 5.79. The van der Waals surface area contributed by atoms with E-state index in [0.29, 0.717) is 12.1 Å². The molecule has 1 aromatic carbocycles. The van der Waals surface area contributed by atoms with Gasteiger partial charge in [-0.1, -0.05) is 12.1 Å². The molecule has 3 nitrogen and oxygen atoms in total. The lowest BCUT2D eigenvalue weighted by atomic mass is 10.2. The van der Waals surface area contributed by atoms with Crippen LogP contribution in [-0.4, -0.2) is 19.3 Å². The minimum Gasteiger partial charge on any atom is -0.207 e. The maximum atomic E-state index is 13.4. The van der Waals surface area contributed by atoms with Gasteiger partial charge >= 0.3 is 6.18 Å². The summed E-state index contributed by atoms with van der Waals surface area (Å²) < 4.78 is 78.0. The van der Waals surface area contributed by atoms with Gasteiger partial charge in [0.25, 0.3) is 0 Å². The van der Waals surface area contributed by atoms with Crippen molar-refractivity contribution in [2.24, 2.45) is 0 Å². The second kappa shape index (κ2) is 7.04. The Kier molecular flexibility index (Phi) is 5.46. The summed E-state index contributed by atoms with van der Waals surface area (Å²) in [6.07, 6.45) is -3.65. The van der Waals surface area contributed by atoms with Gasteiger partial charge in [0, 0.05) is 18.0 Å². The number of rotatable bonds is 6. The summed E-state index contributed by atoms with van der Waals surface area (Å²) in [6.45, 7) is 3.37. The fourth-order valence-corrected chi connectivity index (χ4v) is 4.22. The molecule has 2 aromatic rings. The van der Waals surface area contributed by atoms with Crippen LogP contribution in [0.1, 0.15) is 10.4 Å². The molecular formula is C15H13F4NO2S2. The van der Waals surface area contributed by atoms with E-state index in [4.69, 9.17) is 0 Å². The van der Waals surface area contributed by atoms with E-state index in [1.807, 2.05) is 0 Å². The quantitative estimate of drug-likeness (QED) is 0.555. The summed E-state index contributed by atoms with van der Waals surface area (Å²) in [5, 5.41) is 1.76. The van der Waals surface area contributed by atoms with E-state index in [0.717, 1.165) is 15.2 Å². The van der Waals surface area contributed by atoms with Crippen molar-refractivity contribution in [2.45, 2.75) is 17.6 Å². The van der Waals surface area contributed by atoms with Crippen molar-refractivity contribution in [3.05, 3.63) is 64.6 Å². The standard InChI is InChI=1S/C15H13F4NO2S2/c1-2-7-20(10-11-4-3-8-23-11)24(21,22)12-5-6-14(16)13(9-12)15(17,18)19/h2-6,8-9H,1,7,10H2. The number of alkyl halides is 3. The normalized spacial score (nSPS) is 12.5. The van der Waals surface area contributed by atoms with E-state index in [1.54, 1.807) is 17.5 Å². The summed E-state index contributed by atoms with van der Waals surface area (Å²) >= 11 is 1.32. The van der Waals surface area contributed by atoms with E-state index >= 15 is 0 Å². The molecule has 0 aliphatic rings. The lowest BCUT2D eigenvalue weighted by Gasteiger charge is -2.21. The van der Waals surface area contributed by atoms with Crippen molar-refractivity contribution in [2.75, 3.05) is 6.54 Å². The van der Waals surface area contributed by atoms with Gasteiger partial charge in [-0.25, -0.2) is 12.8 Å². The molecule has 0 aliphatic carbocycles. The molecular weight excluding hydrogens is 366 g/mol. The molecule has 0 bridgehead atoms. The molecule has 2 rings (SSSR count). The van der Waals surface area contributed by atoms with Crippen molar-refractivity contribution in [3.8, 4) is 0 Å². The zero-order valence-electron chi connectivity index (χ0n) is 12.3. The molecule has 0 saturated heterocycles. The summed E-state index contributed by atoms with van der Waals surface area (Å²) in [5.74, 6) is -1.52. The van der Waals surface area contributed by atoms with Crippen LogP contribution >= 0.6 is 11.3 Å². The molecule has 0 N–H and O–H groups in total. The lowest BCUT2D eigenvalue weighted by molar-refractivity contribution is -0.140. The van der Waals surface area contributed by atoms with E-state index < -0.39 is 32.5 Å². The molecule has 130 valence electrons. The molecule has 0 aliphatic heterocycles. The van der Waals surface area contributed by atoms with Crippen molar-refractivity contribution in [3.63, 3.8) is 0 Å². The molecule has 1 heterocycles. The third-order valence-electron chi connectivity index (χ3n) is 3.13. The van der Waals surface area contributed by atoms with Crippen molar-refractivity contribution in [1.82, 2.24) is 4.31 Å². The average molecular weight is 379 g/mol. The van der Waals surface area contributed by atoms with Crippen LogP contribution in [0.5, 0.6) is 0 Å². The van der Waals surface area contributed by atoms with Gasteiger partial charge in [0.05, 0.1) is 10.5 Å². The van der Waals surface area contributed by atoms with Gasteiger partial charge in [-0.2, -0.15) is 17.5 Å². The topological polar surface area (TPSA) is 37.4 Å². The number of nitrogens with zero attached hydrogens (tertiary/aromatic N) is 1. The highest BCUT2D eigenvalue weighted by Crippen LogP contribution is 2.33. The van der Waals surface area contributed by atoms with E-state index in [9.17, 15) is 26.0 Å².